The van der Waals surface area contributed by atoms with E-state index in [1.54, 1.807) is 24.3 Å². The summed E-state index contributed by atoms with van der Waals surface area (Å²) in [5.41, 5.74) is -0.349. The van der Waals surface area contributed by atoms with Gasteiger partial charge in [0, 0.05) is 5.69 Å². The van der Waals surface area contributed by atoms with Crippen molar-refractivity contribution in [3.05, 3.63) is 53.1 Å². The maximum Gasteiger partial charge on any atom is 0.416 e. The molecule has 9 heteroatoms. The van der Waals surface area contributed by atoms with Crippen molar-refractivity contribution in [3.63, 3.8) is 0 Å². The lowest BCUT2D eigenvalue weighted by molar-refractivity contribution is -0.137. The lowest BCUT2D eigenvalue weighted by Gasteiger charge is -2.29. The Hall–Kier alpha value is -2.45. The molecule has 0 heterocycles. The van der Waals surface area contributed by atoms with Crippen LogP contribution in [0.5, 0.6) is 11.5 Å². The van der Waals surface area contributed by atoms with Gasteiger partial charge >= 0.3 is 6.18 Å². The van der Waals surface area contributed by atoms with Gasteiger partial charge in [-0.15, -0.1) is 0 Å². The third-order valence-electron chi connectivity index (χ3n) is 4.60. The van der Waals surface area contributed by atoms with Crippen LogP contribution < -0.4 is 14.8 Å². The minimum Gasteiger partial charge on any atom is -0.482 e. The molecule has 0 spiro atoms. The average Bonchev–Trinajstić information content (AvgIpc) is 2.73. The van der Waals surface area contributed by atoms with Gasteiger partial charge in [0.1, 0.15) is 11.5 Å². The number of benzene rings is 2. The molecule has 2 aromatic carbocycles. The van der Waals surface area contributed by atoms with E-state index in [-0.39, 0.29) is 17.0 Å². The number of amides is 1. The van der Waals surface area contributed by atoms with Gasteiger partial charge in [-0.1, -0.05) is 32.4 Å². The Bertz CT molecular complexity index is 856. The van der Waals surface area contributed by atoms with Crippen molar-refractivity contribution < 1.29 is 27.4 Å². The molecule has 2 rings (SSSR count). The molecule has 0 aliphatic rings. The number of nitrogens with one attached hydrogen (secondary N) is 1. The van der Waals surface area contributed by atoms with E-state index in [1.807, 2.05) is 0 Å². The summed E-state index contributed by atoms with van der Waals surface area (Å²) in [5.74, 6) is 0.208. The lowest BCUT2D eigenvalue weighted by Crippen LogP contribution is -2.38. The van der Waals surface area contributed by atoms with E-state index in [9.17, 15) is 18.0 Å². The second-order valence-electron chi connectivity index (χ2n) is 6.71. The van der Waals surface area contributed by atoms with Crippen LogP contribution >= 0.6 is 11.6 Å². The number of carbonyl (C=O) groups excluding carboxylic acids is 1. The molecule has 0 aliphatic heterocycles. The van der Waals surface area contributed by atoms with Crippen molar-refractivity contribution >= 4 is 23.2 Å². The van der Waals surface area contributed by atoms with Gasteiger partial charge in [-0.3, -0.25) is 9.69 Å². The van der Waals surface area contributed by atoms with Crippen LogP contribution in [0.3, 0.4) is 0 Å². The van der Waals surface area contributed by atoms with Crippen LogP contribution in [0.2, 0.25) is 5.02 Å². The zero-order valence-electron chi connectivity index (χ0n) is 17.6. The van der Waals surface area contributed by atoms with E-state index in [0.717, 1.165) is 37.7 Å². The van der Waals surface area contributed by atoms with Gasteiger partial charge in [0.2, 0.25) is 0 Å². The molecule has 0 saturated carbocycles. The van der Waals surface area contributed by atoms with E-state index in [4.69, 9.17) is 21.1 Å². The number of nitrogens with zero attached hydrogens (tertiary/aromatic N) is 1. The number of anilines is 1. The van der Waals surface area contributed by atoms with Gasteiger partial charge in [0.25, 0.3) is 5.91 Å². The van der Waals surface area contributed by atoms with Crippen LogP contribution in [0, 0.1) is 0 Å². The molecule has 1 N–H and O–H groups in total. The fraction of sp³-hybridized carbons (Fsp3) is 0.409. The van der Waals surface area contributed by atoms with Gasteiger partial charge in [-0.2, -0.15) is 13.2 Å². The molecule has 31 heavy (non-hydrogen) atoms. The summed E-state index contributed by atoms with van der Waals surface area (Å²) in [7, 11) is 0. The predicted molar refractivity (Wildman–Crippen MR) is 115 cm³/mol. The minimum absolute atomic E-state index is 0.00410. The number of ether oxygens (including phenoxy) is 2. The van der Waals surface area contributed by atoms with Gasteiger partial charge in [-0.25, -0.2) is 0 Å². The zero-order valence-corrected chi connectivity index (χ0v) is 18.4. The van der Waals surface area contributed by atoms with Gasteiger partial charge in [0.15, 0.2) is 12.8 Å². The molecule has 2 aromatic rings. The second-order valence-corrected chi connectivity index (χ2v) is 7.11. The highest BCUT2D eigenvalue weighted by Gasteiger charge is 2.31. The molecule has 0 aromatic heterocycles. The van der Waals surface area contributed by atoms with Crippen molar-refractivity contribution in [2.75, 3.05) is 25.0 Å². The molecule has 0 saturated heterocycles. The Kier molecular flexibility index (Phi) is 9.00. The molecule has 0 radical (unpaired) electrons. The highest BCUT2D eigenvalue weighted by Crippen LogP contribution is 2.34. The topological polar surface area (TPSA) is 50.8 Å². The van der Waals surface area contributed by atoms with Gasteiger partial charge in [-0.05, 0) is 62.0 Å². The summed E-state index contributed by atoms with van der Waals surface area (Å²) in [6, 6.07) is 9.62. The first kappa shape index (κ1) is 24.8. The van der Waals surface area contributed by atoms with E-state index < -0.39 is 24.3 Å². The number of rotatable bonds is 10. The fourth-order valence-corrected chi connectivity index (χ4v) is 3.19. The molecular weight excluding hydrogens is 433 g/mol. The van der Waals surface area contributed by atoms with Crippen molar-refractivity contribution in [1.82, 2.24) is 4.90 Å². The number of halogens is 4. The second kappa shape index (κ2) is 11.2. The first-order valence-corrected chi connectivity index (χ1v) is 10.4. The van der Waals surface area contributed by atoms with E-state index >= 15 is 0 Å². The maximum atomic E-state index is 12.7. The van der Waals surface area contributed by atoms with E-state index in [1.165, 1.54) is 0 Å². The summed E-state index contributed by atoms with van der Waals surface area (Å²) >= 11 is 5.82. The fourth-order valence-electron chi connectivity index (χ4n) is 2.96. The quantitative estimate of drug-likeness (QED) is 0.455. The average molecular weight is 459 g/mol. The van der Waals surface area contributed by atoms with Crippen LogP contribution in [-0.4, -0.2) is 36.7 Å². The van der Waals surface area contributed by atoms with Crippen LogP contribution in [0.25, 0.3) is 0 Å². The number of hydrogen-bond acceptors (Lipinski definition) is 4. The Morgan fingerprint density at radius 2 is 1.74 bits per heavy atom. The van der Waals surface area contributed by atoms with E-state index in [0.29, 0.717) is 11.4 Å². The number of alkyl halides is 3. The predicted octanol–water partition coefficient (Wildman–Crippen LogP) is 5.83. The Balaban J connectivity index is 1.90. The van der Waals surface area contributed by atoms with Crippen molar-refractivity contribution in [2.45, 2.75) is 39.6 Å². The number of hydrogen-bond donors (Lipinski definition) is 1. The third kappa shape index (κ3) is 7.33. The summed E-state index contributed by atoms with van der Waals surface area (Å²) in [4.78, 5) is 14.3. The minimum atomic E-state index is -4.50. The smallest absolute Gasteiger partial charge is 0.416 e. The maximum absolute atomic E-state index is 12.7. The van der Waals surface area contributed by atoms with Crippen LogP contribution in [0.1, 0.15) is 32.8 Å². The Labute approximate surface area is 185 Å². The van der Waals surface area contributed by atoms with Crippen LogP contribution in [0.4, 0.5) is 18.9 Å². The first-order valence-electron chi connectivity index (χ1n) is 9.98. The summed E-state index contributed by atoms with van der Waals surface area (Å²) < 4.78 is 49.3. The molecule has 1 atom stereocenters. The Morgan fingerprint density at radius 1 is 1.10 bits per heavy atom. The van der Waals surface area contributed by atoms with Gasteiger partial charge in [0.05, 0.1) is 10.6 Å². The van der Waals surface area contributed by atoms with Crippen LogP contribution in [0.15, 0.2) is 42.5 Å². The third-order valence-corrected chi connectivity index (χ3v) is 4.89. The Morgan fingerprint density at radius 3 is 2.26 bits per heavy atom. The highest BCUT2D eigenvalue weighted by atomic mass is 35.5. The lowest BCUT2D eigenvalue weighted by atomic mass is 10.2. The molecule has 1 unspecified atom stereocenters. The van der Waals surface area contributed by atoms with E-state index in [2.05, 4.69) is 31.0 Å². The highest BCUT2D eigenvalue weighted by molar-refractivity contribution is 6.32. The number of carbonyl (C=O) groups is 1. The normalized spacial score (nSPS) is 12.5. The zero-order chi connectivity index (χ0) is 23.0. The van der Waals surface area contributed by atoms with Crippen molar-refractivity contribution in [3.8, 4) is 11.5 Å². The summed E-state index contributed by atoms with van der Waals surface area (Å²) in [6.45, 7) is 7.57. The first-order chi connectivity index (χ1) is 14.7. The molecular formula is C22H26ClF3N2O3. The summed E-state index contributed by atoms with van der Waals surface area (Å²) in [6.07, 6.45) is -3.69. The van der Waals surface area contributed by atoms with Gasteiger partial charge < -0.3 is 14.8 Å². The van der Waals surface area contributed by atoms with Crippen molar-refractivity contribution in [2.24, 2.45) is 0 Å². The molecule has 5 nitrogen and oxygen atoms in total. The molecule has 1 amide bonds. The standard InChI is InChI=1S/C22H26ClF3N2O3/c1-4-21(28(5-2)6-3)31-17-10-8-16(9-11-17)27-20(29)14-30-19-12-7-15(13-18(19)23)22(24,25)26/h7-13,21H,4-6,14H2,1-3H3,(H,27,29). The van der Waals surface area contributed by atoms with Crippen LogP contribution in [-0.2, 0) is 11.0 Å². The largest absolute Gasteiger partial charge is 0.482 e. The molecule has 0 bridgehead atoms. The molecule has 0 aliphatic carbocycles. The molecule has 170 valence electrons. The molecule has 0 fully saturated rings. The summed E-state index contributed by atoms with van der Waals surface area (Å²) in [5, 5.41) is 2.43. The van der Waals surface area contributed by atoms with Crippen molar-refractivity contribution in [1.29, 1.82) is 0 Å². The monoisotopic (exact) mass is 458 g/mol. The SMILES string of the molecule is CCC(Oc1ccc(NC(=O)COc2ccc(C(F)(F)F)cc2Cl)cc1)N(CC)CC.